The number of fused-ring (bicyclic) bond motifs is 1. The van der Waals surface area contributed by atoms with Crippen LogP contribution in [0.4, 0.5) is 5.82 Å². The van der Waals surface area contributed by atoms with Crippen LogP contribution in [0.15, 0.2) is 35.5 Å². The topological polar surface area (TPSA) is 102 Å². The summed E-state index contributed by atoms with van der Waals surface area (Å²) >= 11 is 1.53. The average Bonchev–Trinajstić information content (AvgIpc) is 2.91. The lowest BCUT2D eigenvalue weighted by molar-refractivity contribution is -0.129. The number of hydrogen-bond donors (Lipinski definition) is 2. The third-order valence-corrected chi connectivity index (χ3v) is 9.05. The van der Waals surface area contributed by atoms with Crippen molar-refractivity contribution in [3.05, 3.63) is 47.2 Å². The fourth-order valence-electron chi connectivity index (χ4n) is 5.97. The summed E-state index contributed by atoms with van der Waals surface area (Å²) in [5.74, 6) is 0.566. The van der Waals surface area contributed by atoms with Crippen molar-refractivity contribution in [2.75, 3.05) is 38.0 Å². The van der Waals surface area contributed by atoms with Gasteiger partial charge in [0.15, 0.2) is 5.16 Å². The Labute approximate surface area is 241 Å². The number of rotatable bonds is 5. The second-order valence-electron chi connectivity index (χ2n) is 12.2. The van der Waals surface area contributed by atoms with E-state index in [4.69, 9.17) is 4.98 Å². The van der Waals surface area contributed by atoms with E-state index >= 15 is 0 Å². The van der Waals surface area contributed by atoms with Gasteiger partial charge in [0.25, 0.3) is 5.91 Å². The Morgan fingerprint density at radius 3 is 2.38 bits per heavy atom. The fraction of sp³-hybridized carbons (Fsp3) is 0.600. The van der Waals surface area contributed by atoms with Crippen LogP contribution < -0.4 is 5.32 Å². The molecule has 3 aliphatic rings. The molecule has 2 saturated heterocycles. The molecule has 2 N–H and O–H groups in total. The van der Waals surface area contributed by atoms with Crippen LogP contribution in [-0.2, 0) is 17.8 Å². The van der Waals surface area contributed by atoms with Gasteiger partial charge in [0.2, 0.25) is 5.91 Å². The Kier molecular flexibility index (Phi) is 8.68. The van der Waals surface area contributed by atoms with Gasteiger partial charge >= 0.3 is 0 Å². The Balaban J connectivity index is 1.27. The van der Waals surface area contributed by atoms with Gasteiger partial charge in [-0.2, -0.15) is 0 Å². The van der Waals surface area contributed by atoms with Crippen LogP contribution >= 0.6 is 11.8 Å². The van der Waals surface area contributed by atoms with Crippen LogP contribution in [0.25, 0.3) is 0 Å². The lowest BCUT2D eigenvalue weighted by Crippen LogP contribution is -2.56. The highest BCUT2D eigenvalue weighted by Crippen LogP contribution is 2.31. The number of nitrogens with zero attached hydrogens (tertiary/aromatic N) is 5. The summed E-state index contributed by atoms with van der Waals surface area (Å²) in [6, 6.07) is 10.5. The molecule has 2 atom stereocenters. The smallest absolute Gasteiger partial charge is 0.272 e. The van der Waals surface area contributed by atoms with E-state index in [-0.39, 0.29) is 28.6 Å². The summed E-state index contributed by atoms with van der Waals surface area (Å²) in [5, 5.41) is 15.2. The maximum absolute atomic E-state index is 13.7. The van der Waals surface area contributed by atoms with E-state index in [1.807, 2.05) is 4.90 Å². The lowest BCUT2D eigenvalue weighted by Gasteiger charge is -2.43. The van der Waals surface area contributed by atoms with Crippen LogP contribution in [0.3, 0.4) is 0 Å². The zero-order valence-corrected chi connectivity index (χ0v) is 24.9. The van der Waals surface area contributed by atoms with Crippen molar-refractivity contribution < 1.29 is 14.7 Å². The summed E-state index contributed by atoms with van der Waals surface area (Å²) < 4.78 is -0.118. The number of benzene rings is 1. The van der Waals surface area contributed by atoms with Crippen molar-refractivity contribution >= 4 is 29.4 Å². The molecule has 1 aromatic carbocycles. The van der Waals surface area contributed by atoms with Crippen LogP contribution in [0, 0.1) is 0 Å². The van der Waals surface area contributed by atoms with E-state index in [9.17, 15) is 14.7 Å². The summed E-state index contributed by atoms with van der Waals surface area (Å²) in [7, 11) is 0. The molecule has 216 valence electrons. The maximum Gasteiger partial charge on any atom is 0.272 e. The second kappa shape index (κ2) is 12.0. The standard InChI is InChI=1S/C30H42N6O3S/c1-20(37)34-14-10-23(11-15-34)31-27-17-24(32-29(33-27)40-30(2,3)4)28(39)36-16-12-25(26(38)19-36)35-13-9-21-7-5-6-8-22(21)18-35/h5-8,17,23,25-26,38H,9-16,18-19H2,1-4H3,(H,31,32,33)/t25-,26-/m1/s1. The van der Waals surface area contributed by atoms with E-state index in [0.717, 1.165) is 38.8 Å². The summed E-state index contributed by atoms with van der Waals surface area (Å²) in [5.41, 5.74) is 3.07. The predicted octanol–water partition coefficient (Wildman–Crippen LogP) is 3.42. The zero-order valence-electron chi connectivity index (χ0n) is 24.1. The molecule has 0 unspecified atom stereocenters. The van der Waals surface area contributed by atoms with Gasteiger partial charge in [0.05, 0.1) is 6.10 Å². The first kappa shape index (κ1) is 28.8. The molecule has 5 rings (SSSR count). The van der Waals surface area contributed by atoms with E-state index < -0.39 is 6.10 Å². The normalized spacial score (nSPS) is 22.6. The van der Waals surface area contributed by atoms with E-state index in [0.29, 0.717) is 42.8 Å². The predicted molar refractivity (Wildman–Crippen MR) is 157 cm³/mol. The highest BCUT2D eigenvalue weighted by molar-refractivity contribution is 8.00. The molecule has 3 aliphatic heterocycles. The maximum atomic E-state index is 13.7. The molecule has 0 radical (unpaired) electrons. The van der Waals surface area contributed by atoms with E-state index in [2.05, 4.69) is 60.2 Å². The number of aliphatic hydroxyl groups is 1. The van der Waals surface area contributed by atoms with Crippen molar-refractivity contribution in [3.8, 4) is 0 Å². The van der Waals surface area contributed by atoms with Gasteiger partial charge < -0.3 is 20.2 Å². The molecule has 2 fully saturated rings. The number of anilines is 1. The molecular formula is C30H42N6O3S. The van der Waals surface area contributed by atoms with Gasteiger partial charge in [-0.25, -0.2) is 9.97 Å². The second-order valence-corrected chi connectivity index (χ2v) is 14.0. The van der Waals surface area contributed by atoms with Gasteiger partial charge in [-0.1, -0.05) is 56.8 Å². The first-order valence-corrected chi connectivity index (χ1v) is 15.3. The fourth-order valence-corrected chi connectivity index (χ4v) is 6.80. The van der Waals surface area contributed by atoms with Gasteiger partial charge in [-0.3, -0.25) is 14.5 Å². The molecule has 2 aromatic rings. The number of carbonyl (C=O) groups is 2. The molecule has 0 spiro atoms. The van der Waals surface area contributed by atoms with Crippen LogP contribution in [0.1, 0.15) is 68.6 Å². The number of amides is 2. The quantitative estimate of drug-likeness (QED) is 0.420. The molecule has 40 heavy (non-hydrogen) atoms. The molecular weight excluding hydrogens is 524 g/mol. The van der Waals surface area contributed by atoms with Crippen LogP contribution in [-0.4, -0.2) is 97.2 Å². The number of thioether (sulfide) groups is 1. The van der Waals surface area contributed by atoms with Gasteiger partial charge in [0.1, 0.15) is 11.5 Å². The lowest BCUT2D eigenvalue weighted by atomic mass is 9.94. The van der Waals surface area contributed by atoms with Gasteiger partial charge in [-0.15, -0.1) is 0 Å². The number of likely N-dealkylation sites (tertiary alicyclic amines) is 2. The van der Waals surface area contributed by atoms with Crippen molar-refractivity contribution in [2.45, 2.75) is 88.0 Å². The molecule has 10 heteroatoms. The van der Waals surface area contributed by atoms with Crippen molar-refractivity contribution in [3.63, 3.8) is 0 Å². The minimum Gasteiger partial charge on any atom is -0.390 e. The zero-order chi connectivity index (χ0) is 28.4. The minimum atomic E-state index is -0.614. The molecule has 1 aromatic heterocycles. The Hall–Kier alpha value is -2.69. The summed E-state index contributed by atoms with van der Waals surface area (Å²) in [6.07, 6.45) is 2.76. The third kappa shape index (κ3) is 6.95. The SMILES string of the molecule is CC(=O)N1CCC(Nc2cc(C(=O)N3CC[C@@H](N4CCc5ccccc5C4)[C@H](O)C3)nc(SC(C)(C)C)n2)CC1. The molecule has 0 saturated carbocycles. The largest absolute Gasteiger partial charge is 0.390 e. The first-order valence-electron chi connectivity index (χ1n) is 14.4. The number of piperidine rings is 2. The van der Waals surface area contributed by atoms with Crippen molar-refractivity contribution in [1.29, 1.82) is 0 Å². The Morgan fingerprint density at radius 1 is 1.00 bits per heavy atom. The molecule has 2 amide bonds. The van der Waals surface area contributed by atoms with Crippen LogP contribution in [0.5, 0.6) is 0 Å². The van der Waals surface area contributed by atoms with Gasteiger partial charge in [-0.05, 0) is 36.8 Å². The van der Waals surface area contributed by atoms with E-state index in [1.165, 1.54) is 22.9 Å². The number of aliphatic hydroxyl groups excluding tert-OH is 1. The first-order chi connectivity index (χ1) is 19.1. The van der Waals surface area contributed by atoms with Crippen molar-refractivity contribution in [2.24, 2.45) is 0 Å². The third-order valence-electron chi connectivity index (χ3n) is 8.08. The van der Waals surface area contributed by atoms with Crippen molar-refractivity contribution in [1.82, 2.24) is 24.7 Å². The number of aromatic nitrogens is 2. The van der Waals surface area contributed by atoms with Crippen LogP contribution in [0.2, 0.25) is 0 Å². The van der Waals surface area contributed by atoms with Gasteiger partial charge in [0, 0.05) is 69.1 Å². The molecule has 0 bridgehead atoms. The number of hydrogen-bond acceptors (Lipinski definition) is 8. The minimum absolute atomic E-state index is 0.0351. The molecule has 9 nitrogen and oxygen atoms in total. The highest BCUT2D eigenvalue weighted by atomic mass is 32.2. The highest BCUT2D eigenvalue weighted by Gasteiger charge is 2.36. The average molecular weight is 567 g/mol. The molecule has 4 heterocycles. The number of β-amino-alcohol motifs (C(OH)–C–C–N with tert-alkyl or cyclic N) is 1. The number of carbonyl (C=O) groups excluding carboxylic acids is 2. The monoisotopic (exact) mass is 566 g/mol. The summed E-state index contributed by atoms with van der Waals surface area (Å²) in [4.78, 5) is 40.8. The van der Waals surface area contributed by atoms with E-state index in [1.54, 1.807) is 17.9 Å². The molecule has 0 aliphatic carbocycles. The summed E-state index contributed by atoms with van der Waals surface area (Å²) in [6.45, 7) is 12.0. The number of nitrogens with one attached hydrogen (secondary N) is 1. The Bertz CT molecular complexity index is 1230. The Morgan fingerprint density at radius 2 is 1.70 bits per heavy atom.